The summed E-state index contributed by atoms with van der Waals surface area (Å²) < 4.78 is 0. The topological polar surface area (TPSA) is 0 Å². The van der Waals surface area contributed by atoms with Gasteiger partial charge in [-0.15, -0.1) is 0 Å². The molecule has 0 bridgehead atoms. The SMILES string of the molecule is c1ccc(-c2cc(-c3ccccc3)cc(-c3ccc(-c4ccc(-c5ccc6c7ccccc7c7ccccc7c6c5)cc4)cc3)c2)cc1. The molecule has 0 aliphatic carbocycles. The Bertz CT molecular complexity index is 2470. The van der Waals surface area contributed by atoms with Crippen LogP contribution in [0.15, 0.2) is 194 Å². The van der Waals surface area contributed by atoms with Crippen molar-refractivity contribution >= 4 is 32.3 Å². The van der Waals surface area contributed by atoms with Gasteiger partial charge in [0.25, 0.3) is 0 Å². The van der Waals surface area contributed by atoms with Gasteiger partial charge >= 0.3 is 0 Å². The molecule has 0 amide bonds. The molecule has 0 aromatic heterocycles. The van der Waals surface area contributed by atoms with Crippen LogP contribution in [0, 0.1) is 0 Å². The van der Waals surface area contributed by atoms with E-state index in [4.69, 9.17) is 0 Å². The maximum absolute atomic E-state index is 2.36. The maximum atomic E-state index is 2.36. The molecule has 0 unspecified atom stereocenters. The predicted molar refractivity (Wildman–Crippen MR) is 206 cm³/mol. The highest BCUT2D eigenvalue weighted by Crippen LogP contribution is 2.38. The van der Waals surface area contributed by atoms with E-state index in [1.807, 2.05) is 0 Å². The molecule has 0 heteroatoms. The van der Waals surface area contributed by atoms with Gasteiger partial charge in [0.15, 0.2) is 0 Å². The number of benzene rings is 9. The van der Waals surface area contributed by atoms with Gasteiger partial charge in [-0.3, -0.25) is 0 Å². The van der Waals surface area contributed by atoms with Gasteiger partial charge in [0, 0.05) is 0 Å². The molecule has 0 N–H and O–H groups in total. The fraction of sp³-hybridized carbons (Fsp3) is 0. The summed E-state index contributed by atoms with van der Waals surface area (Å²) in [7, 11) is 0. The first-order chi connectivity index (χ1) is 23.8. The standard InChI is InChI=1S/C48H32/c1-3-11-33(12-4-1)40-29-41(34-13-5-2-6-14-34)31-42(30-40)38-25-21-36(22-26-38)35-19-23-37(24-20-35)39-27-28-47-45-17-8-7-15-43(45)44-16-9-10-18-46(44)48(47)32-39/h1-32H. The predicted octanol–water partition coefficient (Wildman–Crippen LogP) is 13.5. The summed E-state index contributed by atoms with van der Waals surface area (Å²) in [5.41, 5.74) is 12.2. The lowest BCUT2D eigenvalue weighted by Gasteiger charge is -2.13. The van der Waals surface area contributed by atoms with Crippen molar-refractivity contribution < 1.29 is 0 Å². The second-order valence-electron chi connectivity index (χ2n) is 12.5. The highest BCUT2D eigenvalue weighted by Gasteiger charge is 2.11. The van der Waals surface area contributed by atoms with E-state index < -0.39 is 0 Å². The molecule has 0 aliphatic heterocycles. The van der Waals surface area contributed by atoms with Gasteiger partial charge in [0.05, 0.1) is 0 Å². The molecule has 0 fully saturated rings. The van der Waals surface area contributed by atoms with Crippen molar-refractivity contribution in [2.45, 2.75) is 0 Å². The van der Waals surface area contributed by atoms with Crippen LogP contribution in [0.3, 0.4) is 0 Å². The third kappa shape index (κ3) is 5.05. The Labute approximate surface area is 281 Å². The molecule has 224 valence electrons. The minimum atomic E-state index is 1.21. The van der Waals surface area contributed by atoms with Gasteiger partial charge in [-0.2, -0.15) is 0 Å². The van der Waals surface area contributed by atoms with Crippen molar-refractivity contribution in [3.8, 4) is 55.6 Å². The van der Waals surface area contributed by atoms with Crippen LogP contribution < -0.4 is 0 Å². The smallest absolute Gasteiger partial charge is 0.00928 e. The van der Waals surface area contributed by atoms with E-state index in [0.29, 0.717) is 0 Å². The monoisotopic (exact) mass is 608 g/mol. The zero-order valence-corrected chi connectivity index (χ0v) is 26.5. The Morgan fingerprint density at radius 3 is 0.833 bits per heavy atom. The Morgan fingerprint density at radius 1 is 0.146 bits per heavy atom. The van der Waals surface area contributed by atoms with Gasteiger partial charge in [0.2, 0.25) is 0 Å². The largest absolute Gasteiger partial charge is 0.0622 e. The summed E-state index contributed by atoms with van der Waals surface area (Å²) in [5, 5.41) is 7.82. The average molecular weight is 609 g/mol. The lowest BCUT2D eigenvalue weighted by Crippen LogP contribution is -1.87. The van der Waals surface area contributed by atoms with Crippen LogP contribution in [-0.4, -0.2) is 0 Å². The minimum absolute atomic E-state index is 1.21. The third-order valence-electron chi connectivity index (χ3n) is 9.66. The van der Waals surface area contributed by atoms with Crippen LogP contribution in [0.25, 0.3) is 88.0 Å². The summed E-state index contributed by atoms with van der Waals surface area (Å²) in [5.74, 6) is 0. The van der Waals surface area contributed by atoms with Gasteiger partial charge in [-0.1, -0.05) is 170 Å². The molecule has 0 saturated carbocycles. The number of rotatable bonds is 5. The summed E-state index contributed by atoms with van der Waals surface area (Å²) in [6, 6.07) is 70.6. The normalized spacial score (nSPS) is 11.3. The fourth-order valence-electron chi connectivity index (χ4n) is 7.19. The van der Waals surface area contributed by atoms with Crippen LogP contribution in [-0.2, 0) is 0 Å². The first-order valence-corrected chi connectivity index (χ1v) is 16.6. The van der Waals surface area contributed by atoms with Crippen molar-refractivity contribution in [3.05, 3.63) is 194 Å². The number of hydrogen-bond donors (Lipinski definition) is 0. The zero-order valence-electron chi connectivity index (χ0n) is 26.5. The Morgan fingerprint density at radius 2 is 0.417 bits per heavy atom. The van der Waals surface area contributed by atoms with Crippen molar-refractivity contribution in [2.24, 2.45) is 0 Å². The Hall–Kier alpha value is -6.24. The van der Waals surface area contributed by atoms with E-state index in [0.717, 1.165) is 0 Å². The number of fused-ring (bicyclic) bond motifs is 6. The molecule has 0 aliphatic rings. The van der Waals surface area contributed by atoms with E-state index in [9.17, 15) is 0 Å². The van der Waals surface area contributed by atoms with Crippen LogP contribution in [0.2, 0.25) is 0 Å². The molecular formula is C48H32. The lowest BCUT2D eigenvalue weighted by molar-refractivity contribution is 1.56. The Balaban J connectivity index is 1.05. The fourth-order valence-corrected chi connectivity index (χ4v) is 7.19. The molecule has 0 nitrogen and oxygen atoms in total. The van der Waals surface area contributed by atoms with Gasteiger partial charge in [-0.05, 0) is 112 Å². The zero-order chi connectivity index (χ0) is 31.9. The maximum Gasteiger partial charge on any atom is -0.00928 e. The quantitative estimate of drug-likeness (QED) is 0.171. The molecule has 0 radical (unpaired) electrons. The lowest BCUT2D eigenvalue weighted by atomic mass is 9.91. The van der Waals surface area contributed by atoms with Gasteiger partial charge in [-0.25, -0.2) is 0 Å². The van der Waals surface area contributed by atoms with Crippen molar-refractivity contribution in [3.63, 3.8) is 0 Å². The van der Waals surface area contributed by atoms with Crippen LogP contribution >= 0.6 is 0 Å². The molecule has 9 rings (SSSR count). The van der Waals surface area contributed by atoms with E-state index in [-0.39, 0.29) is 0 Å². The van der Waals surface area contributed by atoms with Crippen molar-refractivity contribution in [1.82, 2.24) is 0 Å². The minimum Gasteiger partial charge on any atom is -0.0622 e. The first kappa shape index (κ1) is 28.0. The van der Waals surface area contributed by atoms with Crippen LogP contribution in [0.1, 0.15) is 0 Å². The molecule has 0 spiro atoms. The highest BCUT2D eigenvalue weighted by atomic mass is 14.1. The number of hydrogen-bond acceptors (Lipinski definition) is 0. The summed E-state index contributed by atoms with van der Waals surface area (Å²) in [6.07, 6.45) is 0. The molecular weight excluding hydrogens is 577 g/mol. The molecule has 9 aromatic rings. The molecule has 9 aromatic carbocycles. The van der Waals surface area contributed by atoms with E-state index in [1.165, 1.54) is 88.0 Å². The van der Waals surface area contributed by atoms with Gasteiger partial charge in [0.1, 0.15) is 0 Å². The summed E-state index contributed by atoms with van der Waals surface area (Å²) in [6.45, 7) is 0. The second-order valence-corrected chi connectivity index (χ2v) is 12.5. The van der Waals surface area contributed by atoms with Crippen LogP contribution in [0.4, 0.5) is 0 Å². The average Bonchev–Trinajstić information content (AvgIpc) is 3.18. The third-order valence-corrected chi connectivity index (χ3v) is 9.66. The van der Waals surface area contributed by atoms with Crippen molar-refractivity contribution in [1.29, 1.82) is 0 Å². The van der Waals surface area contributed by atoms with E-state index in [1.54, 1.807) is 0 Å². The summed E-state index contributed by atoms with van der Waals surface area (Å²) in [4.78, 5) is 0. The highest BCUT2D eigenvalue weighted by molar-refractivity contribution is 6.25. The second kappa shape index (κ2) is 11.8. The molecule has 0 heterocycles. The van der Waals surface area contributed by atoms with Crippen molar-refractivity contribution in [2.75, 3.05) is 0 Å². The molecule has 0 saturated heterocycles. The summed E-state index contributed by atoms with van der Waals surface area (Å²) >= 11 is 0. The van der Waals surface area contributed by atoms with Gasteiger partial charge < -0.3 is 0 Å². The molecule has 0 atom stereocenters. The molecule has 48 heavy (non-hydrogen) atoms. The van der Waals surface area contributed by atoms with Crippen LogP contribution in [0.5, 0.6) is 0 Å². The van der Waals surface area contributed by atoms with E-state index in [2.05, 4.69) is 194 Å². The first-order valence-electron chi connectivity index (χ1n) is 16.6. The van der Waals surface area contributed by atoms with E-state index >= 15 is 0 Å². The Kier molecular flexibility index (Phi) is 6.91.